The smallest absolute Gasteiger partial charge is 0.309 e. The van der Waals surface area contributed by atoms with E-state index in [1.165, 1.54) is 5.56 Å². The third-order valence-corrected chi connectivity index (χ3v) is 4.73. The zero-order valence-corrected chi connectivity index (χ0v) is 14.9. The summed E-state index contributed by atoms with van der Waals surface area (Å²) in [6.45, 7) is 4.99. The molecule has 2 rings (SSSR count). The largest absolute Gasteiger partial charge is 0.497 e. The third-order valence-electron chi connectivity index (χ3n) is 4.73. The second kappa shape index (κ2) is 8.18. The van der Waals surface area contributed by atoms with E-state index in [4.69, 9.17) is 4.74 Å². The van der Waals surface area contributed by atoms with Crippen molar-refractivity contribution in [3.05, 3.63) is 29.8 Å². The van der Waals surface area contributed by atoms with E-state index >= 15 is 0 Å². The number of carbonyl (C=O) groups excluding carboxylic acids is 2. The molecule has 0 unspecified atom stereocenters. The molecule has 1 aromatic rings. The fourth-order valence-electron chi connectivity index (χ4n) is 3.27. The van der Waals surface area contributed by atoms with Crippen LogP contribution in [0.4, 0.5) is 0 Å². The van der Waals surface area contributed by atoms with E-state index in [0.717, 1.165) is 31.4 Å². The second-order valence-electron chi connectivity index (χ2n) is 7.00. The summed E-state index contributed by atoms with van der Waals surface area (Å²) in [7, 11) is 1.65. The van der Waals surface area contributed by atoms with Crippen molar-refractivity contribution in [1.29, 1.82) is 0 Å². The van der Waals surface area contributed by atoms with Gasteiger partial charge in [-0.25, -0.2) is 0 Å². The van der Waals surface area contributed by atoms with Gasteiger partial charge in [0.05, 0.1) is 7.11 Å². The first-order chi connectivity index (χ1) is 11.5. The molecule has 0 bridgehead atoms. The molecule has 2 N–H and O–H groups in total. The van der Waals surface area contributed by atoms with E-state index < -0.39 is 11.8 Å². The van der Waals surface area contributed by atoms with Gasteiger partial charge < -0.3 is 15.4 Å². The fraction of sp³-hybridized carbons (Fsp3) is 0.579. The number of benzene rings is 1. The molecular weight excluding hydrogens is 304 g/mol. The van der Waals surface area contributed by atoms with E-state index in [9.17, 15) is 9.59 Å². The topological polar surface area (TPSA) is 67.4 Å². The Hall–Kier alpha value is -2.04. The van der Waals surface area contributed by atoms with Crippen molar-refractivity contribution in [3.8, 4) is 5.75 Å². The number of ether oxygens (including phenoxy) is 1. The summed E-state index contributed by atoms with van der Waals surface area (Å²) in [5, 5.41) is 5.49. The molecule has 1 saturated carbocycles. The van der Waals surface area contributed by atoms with Crippen LogP contribution in [0.1, 0.15) is 45.1 Å². The normalized spacial score (nSPS) is 16.0. The van der Waals surface area contributed by atoms with Gasteiger partial charge in [0.15, 0.2) is 0 Å². The van der Waals surface area contributed by atoms with Crippen LogP contribution in [-0.4, -0.2) is 32.0 Å². The first-order valence-electron chi connectivity index (χ1n) is 8.67. The molecule has 0 atom stereocenters. The molecule has 1 fully saturated rings. The molecule has 1 aromatic carbocycles. The minimum Gasteiger partial charge on any atom is -0.497 e. The van der Waals surface area contributed by atoms with Gasteiger partial charge in [-0.1, -0.05) is 38.8 Å². The van der Waals surface area contributed by atoms with Crippen LogP contribution in [0.3, 0.4) is 0 Å². The SMILES string of the molecule is COc1ccc(C2(CNC(=O)C(=O)NCC(C)C)CCCC2)cc1. The fourth-order valence-corrected chi connectivity index (χ4v) is 3.27. The monoisotopic (exact) mass is 332 g/mol. The number of nitrogens with one attached hydrogen (secondary N) is 2. The standard InChI is InChI=1S/C19H28N2O3/c1-14(2)12-20-17(22)18(23)21-13-19(10-4-5-11-19)15-6-8-16(24-3)9-7-15/h6-9,14H,4-5,10-13H2,1-3H3,(H,20,22)(H,21,23). The zero-order chi connectivity index (χ0) is 17.6. The Labute approximate surface area is 144 Å². The van der Waals surface area contributed by atoms with Crippen molar-refractivity contribution in [2.24, 2.45) is 5.92 Å². The van der Waals surface area contributed by atoms with Crippen LogP contribution >= 0.6 is 0 Å². The van der Waals surface area contributed by atoms with Gasteiger partial charge in [0.2, 0.25) is 0 Å². The Morgan fingerprint density at radius 3 is 2.21 bits per heavy atom. The summed E-state index contributed by atoms with van der Waals surface area (Å²) in [5.41, 5.74) is 1.11. The molecule has 0 aliphatic heterocycles. The number of carbonyl (C=O) groups is 2. The molecule has 1 aliphatic rings. The lowest BCUT2D eigenvalue weighted by atomic mass is 9.78. The average molecular weight is 332 g/mol. The molecule has 0 aromatic heterocycles. The highest BCUT2D eigenvalue weighted by molar-refractivity contribution is 6.35. The molecule has 5 nitrogen and oxygen atoms in total. The van der Waals surface area contributed by atoms with Crippen LogP contribution in [-0.2, 0) is 15.0 Å². The van der Waals surface area contributed by atoms with Gasteiger partial charge in [0.25, 0.3) is 0 Å². The molecule has 0 spiro atoms. The molecule has 2 amide bonds. The van der Waals surface area contributed by atoms with Crippen LogP contribution in [0.15, 0.2) is 24.3 Å². The highest BCUT2D eigenvalue weighted by atomic mass is 16.5. The number of rotatable bonds is 6. The summed E-state index contributed by atoms with van der Waals surface area (Å²) in [4.78, 5) is 23.9. The van der Waals surface area contributed by atoms with E-state index in [-0.39, 0.29) is 5.41 Å². The van der Waals surface area contributed by atoms with Crippen LogP contribution in [0, 0.1) is 5.92 Å². The van der Waals surface area contributed by atoms with Crippen molar-refractivity contribution < 1.29 is 14.3 Å². The van der Waals surface area contributed by atoms with Gasteiger partial charge in [0.1, 0.15) is 5.75 Å². The predicted molar refractivity (Wildman–Crippen MR) is 94.0 cm³/mol. The number of amides is 2. The number of hydrogen-bond donors (Lipinski definition) is 2. The first kappa shape index (κ1) is 18.3. The summed E-state index contributed by atoms with van der Waals surface area (Å²) in [5.74, 6) is 0.0493. The lowest BCUT2D eigenvalue weighted by Crippen LogP contribution is -2.46. The average Bonchev–Trinajstić information content (AvgIpc) is 3.07. The van der Waals surface area contributed by atoms with Gasteiger partial charge in [0, 0.05) is 18.5 Å². The molecule has 1 aliphatic carbocycles. The van der Waals surface area contributed by atoms with Crippen LogP contribution in [0.25, 0.3) is 0 Å². The molecule has 0 heterocycles. The van der Waals surface area contributed by atoms with Crippen LogP contribution in [0.5, 0.6) is 5.75 Å². The maximum atomic E-state index is 12.0. The van der Waals surface area contributed by atoms with E-state index in [2.05, 4.69) is 22.8 Å². The van der Waals surface area contributed by atoms with E-state index in [1.54, 1.807) is 7.11 Å². The Morgan fingerprint density at radius 1 is 1.08 bits per heavy atom. The summed E-state index contributed by atoms with van der Waals surface area (Å²) in [6.07, 6.45) is 4.32. The minimum absolute atomic E-state index is 0.0831. The Morgan fingerprint density at radius 2 is 1.67 bits per heavy atom. The predicted octanol–water partition coefficient (Wildman–Crippen LogP) is 2.40. The van der Waals surface area contributed by atoms with Gasteiger partial charge in [-0.3, -0.25) is 9.59 Å². The van der Waals surface area contributed by atoms with Crippen molar-refractivity contribution in [3.63, 3.8) is 0 Å². The van der Waals surface area contributed by atoms with Crippen LogP contribution in [0.2, 0.25) is 0 Å². The van der Waals surface area contributed by atoms with Gasteiger partial charge in [-0.15, -0.1) is 0 Å². The molecule has 132 valence electrons. The lowest BCUT2D eigenvalue weighted by Gasteiger charge is -2.30. The second-order valence-corrected chi connectivity index (χ2v) is 7.00. The van der Waals surface area contributed by atoms with E-state index in [0.29, 0.717) is 19.0 Å². The van der Waals surface area contributed by atoms with Crippen molar-refractivity contribution >= 4 is 11.8 Å². The third kappa shape index (κ3) is 4.49. The maximum absolute atomic E-state index is 12.0. The molecular formula is C19H28N2O3. The molecule has 0 saturated heterocycles. The zero-order valence-electron chi connectivity index (χ0n) is 14.9. The highest BCUT2D eigenvalue weighted by Crippen LogP contribution is 2.41. The van der Waals surface area contributed by atoms with Crippen LogP contribution < -0.4 is 15.4 Å². The first-order valence-corrected chi connectivity index (χ1v) is 8.67. The van der Waals surface area contributed by atoms with Gasteiger partial charge in [-0.2, -0.15) is 0 Å². The number of methoxy groups -OCH3 is 1. The van der Waals surface area contributed by atoms with Crippen molar-refractivity contribution in [2.45, 2.75) is 44.9 Å². The van der Waals surface area contributed by atoms with Gasteiger partial charge >= 0.3 is 11.8 Å². The minimum atomic E-state index is -0.549. The molecule has 24 heavy (non-hydrogen) atoms. The Balaban J connectivity index is 2.00. The number of hydrogen-bond acceptors (Lipinski definition) is 3. The summed E-state index contributed by atoms with van der Waals surface area (Å²) >= 11 is 0. The summed E-state index contributed by atoms with van der Waals surface area (Å²) in [6, 6.07) is 8.03. The molecule has 5 heteroatoms. The highest BCUT2D eigenvalue weighted by Gasteiger charge is 2.36. The van der Waals surface area contributed by atoms with E-state index in [1.807, 2.05) is 26.0 Å². The Bertz CT molecular complexity index is 560. The maximum Gasteiger partial charge on any atom is 0.309 e. The quantitative estimate of drug-likeness (QED) is 0.786. The lowest BCUT2D eigenvalue weighted by molar-refractivity contribution is -0.139. The molecule has 0 radical (unpaired) electrons. The Kier molecular flexibility index (Phi) is 6.23. The van der Waals surface area contributed by atoms with Gasteiger partial charge in [-0.05, 0) is 36.5 Å². The summed E-state index contributed by atoms with van der Waals surface area (Å²) < 4.78 is 5.22. The van der Waals surface area contributed by atoms with Crippen molar-refractivity contribution in [2.75, 3.05) is 20.2 Å². The van der Waals surface area contributed by atoms with Crippen molar-refractivity contribution in [1.82, 2.24) is 10.6 Å².